The van der Waals surface area contributed by atoms with Crippen LogP contribution in [0.3, 0.4) is 0 Å². The summed E-state index contributed by atoms with van der Waals surface area (Å²) in [6.45, 7) is 8.43. The van der Waals surface area contributed by atoms with Crippen LogP contribution in [-0.2, 0) is 0 Å². The molecule has 0 aromatic heterocycles. The Hall–Kier alpha value is -0.0800. The minimum atomic E-state index is 0.432. The molecule has 0 radical (unpaired) electrons. The van der Waals surface area contributed by atoms with Gasteiger partial charge in [0.1, 0.15) is 0 Å². The summed E-state index contributed by atoms with van der Waals surface area (Å²) in [5.41, 5.74) is 6.41. The molecule has 1 aliphatic carbocycles. The molecule has 1 saturated carbocycles. The molecule has 2 unspecified atom stereocenters. The van der Waals surface area contributed by atoms with E-state index in [2.05, 4.69) is 18.7 Å². The number of rotatable bonds is 4. The molecule has 0 amide bonds. The van der Waals surface area contributed by atoms with Crippen molar-refractivity contribution >= 4 is 0 Å². The number of hydrogen-bond donors (Lipinski definition) is 1. The monoisotopic (exact) mass is 238 g/mol. The average molecular weight is 238 g/mol. The fourth-order valence-electron chi connectivity index (χ4n) is 3.58. The molecule has 1 heterocycles. The van der Waals surface area contributed by atoms with Crippen LogP contribution in [0.25, 0.3) is 0 Å². The van der Waals surface area contributed by atoms with Gasteiger partial charge in [-0.25, -0.2) is 0 Å². The van der Waals surface area contributed by atoms with Crippen molar-refractivity contribution in [1.82, 2.24) is 4.90 Å². The number of nitrogens with two attached hydrogens (primary N) is 1. The van der Waals surface area contributed by atoms with Crippen LogP contribution < -0.4 is 5.73 Å². The lowest BCUT2D eigenvalue weighted by Gasteiger charge is -2.30. The van der Waals surface area contributed by atoms with Gasteiger partial charge in [0.15, 0.2) is 0 Å². The summed E-state index contributed by atoms with van der Waals surface area (Å²) in [4.78, 5) is 2.62. The van der Waals surface area contributed by atoms with Crippen LogP contribution >= 0.6 is 0 Å². The molecular weight excluding hydrogens is 208 g/mol. The third-order valence-electron chi connectivity index (χ3n) is 4.98. The SMILES string of the molecule is CC(C)C1CCN(CC(N)C2CCCCC2)C1. The molecule has 0 aromatic carbocycles. The maximum atomic E-state index is 6.41. The molecular formula is C15H30N2. The largest absolute Gasteiger partial charge is 0.326 e. The molecule has 2 nitrogen and oxygen atoms in total. The highest BCUT2D eigenvalue weighted by molar-refractivity contribution is 4.84. The Kier molecular flexibility index (Phi) is 4.87. The highest BCUT2D eigenvalue weighted by atomic mass is 15.2. The second-order valence-corrected chi connectivity index (χ2v) is 6.61. The summed E-state index contributed by atoms with van der Waals surface area (Å²) in [6, 6.07) is 0.432. The van der Waals surface area contributed by atoms with Crippen LogP contribution in [0.2, 0.25) is 0 Å². The van der Waals surface area contributed by atoms with Crippen molar-refractivity contribution in [2.75, 3.05) is 19.6 Å². The van der Waals surface area contributed by atoms with Gasteiger partial charge < -0.3 is 10.6 Å². The Morgan fingerprint density at radius 2 is 1.76 bits per heavy atom. The molecule has 0 bridgehead atoms. The lowest BCUT2D eigenvalue weighted by molar-refractivity contribution is 0.224. The van der Waals surface area contributed by atoms with Gasteiger partial charge in [0.05, 0.1) is 0 Å². The second-order valence-electron chi connectivity index (χ2n) is 6.61. The Balaban J connectivity index is 1.73. The van der Waals surface area contributed by atoms with Crippen LogP contribution in [0.5, 0.6) is 0 Å². The normalized spacial score (nSPS) is 30.0. The summed E-state index contributed by atoms with van der Waals surface area (Å²) in [5, 5.41) is 0. The third-order valence-corrected chi connectivity index (χ3v) is 4.98. The Bertz CT molecular complexity index is 221. The Morgan fingerprint density at radius 1 is 1.06 bits per heavy atom. The molecule has 2 heteroatoms. The Morgan fingerprint density at radius 3 is 2.35 bits per heavy atom. The molecule has 100 valence electrons. The van der Waals surface area contributed by atoms with Crippen LogP contribution in [0.1, 0.15) is 52.4 Å². The van der Waals surface area contributed by atoms with Gasteiger partial charge in [0.2, 0.25) is 0 Å². The minimum absolute atomic E-state index is 0.432. The molecule has 17 heavy (non-hydrogen) atoms. The molecule has 2 N–H and O–H groups in total. The van der Waals surface area contributed by atoms with Crippen molar-refractivity contribution in [1.29, 1.82) is 0 Å². The number of hydrogen-bond acceptors (Lipinski definition) is 2. The average Bonchev–Trinajstić information content (AvgIpc) is 2.79. The molecule has 2 fully saturated rings. The zero-order chi connectivity index (χ0) is 12.3. The van der Waals surface area contributed by atoms with Crippen LogP contribution in [0.4, 0.5) is 0 Å². The van der Waals surface area contributed by atoms with Crippen molar-refractivity contribution in [2.45, 2.75) is 58.4 Å². The standard InChI is InChI=1S/C15H30N2/c1-12(2)14-8-9-17(10-14)11-15(16)13-6-4-3-5-7-13/h12-15H,3-11,16H2,1-2H3. The molecule has 1 aliphatic heterocycles. The molecule has 1 saturated heterocycles. The minimum Gasteiger partial charge on any atom is -0.326 e. The molecule has 2 aliphatic rings. The highest BCUT2D eigenvalue weighted by Gasteiger charge is 2.28. The van der Waals surface area contributed by atoms with Crippen molar-refractivity contribution in [2.24, 2.45) is 23.5 Å². The zero-order valence-electron chi connectivity index (χ0n) is 11.7. The van der Waals surface area contributed by atoms with Crippen molar-refractivity contribution in [3.05, 3.63) is 0 Å². The maximum absolute atomic E-state index is 6.41. The van der Waals surface area contributed by atoms with E-state index in [1.165, 1.54) is 51.6 Å². The quantitative estimate of drug-likeness (QED) is 0.816. The van der Waals surface area contributed by atoms with E-state index in [1.54, 1.807) is 0 Å². The molecule has 2 rings (SSSR count). The maximum Gasteiger partial charge on any atom is 0.0196 e. The fourth-order valence-corrected chi connectivity index (χ4v) is 3.58. The van der Waals surface area contributed by atoms with Gasteiger partial charge in [-0.15, -0.1) is 0 Å². The summed E-state index contributed by atoms with van der Waals surface area (Å²) in [5.74, 6) is 2.56. The van der Waals surface area contributed by atoms with E-state index < -0.39 is 0 Å². The van der Waals surface area contributed by atoms with E-state index in [-0.39, 0.29) is 0 Å². The Labute approximate surface area is 107 Å². The second kappa shape index (κ2) is 6.19. The van der Waals surface area contributed by atoms with Crippen LogP contribution in [-0.4, -0.2) is 30.6 Å². The predicted octanol–water partition coefficient (Wildman–Crippen LogP) is 2.87. The van der Waals surface area contributed by atoms with Gasteiger partial charge in [0, 0.05) is 19.1 Å². The van der Waals surface area contributed by atoms with E-state index >= 15 is 0 Å². The zero-order valence-corrected chi connectivity index (χ0v) is 11.7. The first-order valence-electron chi connectivity index (χ1n) is 7.64. The first-order chi connectivity index (χ1) is 8.16. The van der Waals surface area contributed by atoms with E-state index in [1.807, 2.05) is 0 Å². The van der Waals surface area contributed by atoms with E-state index in [4.69, 9.17) is 5.73 Å². The van der Waals surface area contributed by atoms with Crippen LogP contribution in [0, 0.1) is 17.8 Å². The van der Waals surface area contributed by atoms with Gasteiger partial charge in [-0.3, -0.25) is 0 Å². The van der Waals surface area contributed by atoms with Crippen molar-refractivity contribution in [3.63, 3.8) is 0 Å². The highest BCUT2D eigenvalue weighted by Crippen LogP contribution is 2.28. The van der Waals surface area contributed by atoms with Gasteiger partial charge >= 0.3 is 0 Å². The summed E-state index contributed by atoms with van der Waals surface area (Å²) < 4.78 is 0. The first-order valence-corrected chi connectivity index (χ1v) is 7.64. The topological polar surface area (TPSA) is 29.3 Å². The molecule has 0 spiro atoms. The summed E-state index contributed by atoms with van der Waals surface area (Å²) in [7, 11) is 0. The van der Waals surface area contributed by atoms with Crippen LogP contribution in [0.15, 0.2) is 0 Å². The van der Waals surface area contributed by atoms with E-state index in [0.717, 1.165) is 24.3 Å². The number of nitrogens with zero attached hydrogens (tertiary/aromatic N) is 1. The third kappa shape index (κ3) is 3.69. The first kappa shape index (κ1) is 13.4. The van der Waals surface area contributed by atoms with Crippen molar-refractivity contribution in [3.8, 4) is 0 Å². The van der Waals surface area contributed by atoms with Gasteiger partial charge in [0.25, 0.3) is 0 Å². The van der Waals surface area contributed by atoms with Crippen molar-refractivity contribution < 1.29 is 0 Å². The molecule has 2 atom stereocenters. The van der Waals surface area contributed by atoms with Gasteiger partial charge in [-0.2, -0.15) is 0 Å². The molecule has 0 aromatic rings. The lowest BCUT2D eigenvalue weighted by atomic mass is 9.84. The van der Waals surface area contributed by atoms with Gasteiger partial charge in [-0.1, -0.05) is 33.1 Å². The summed E-state index contributed by atoms with van der Waals surface area (Å²) in [6.07, 6.45) is 8.39. The smallest absolute Gasteiger partial charge is 0.0196 e. The van der Waals surface area contributed by atoms with E-state index in [9.17, 15) is 0 Å². The van der Waals surface area contributed by atoms with Gasteiger partial charge in [-0.05, 0) is 43.6 Å². The fraction of sp³-hybridized carbons (Fsp3) is 1.00. The lowest BCUT2D eigenvalue weighted by Crippen LogP contribution is -2.42. The number of likely N-dealkylation sites (tertiary alicyclic amines) is 1. The summed E-state index contributed by atoms with van der Waals surface area (Å²) >= 11 is 0. The predicted molar refractivity (Wildman–Crippen MR) is 73.9 cm³/mol. The van der Waals surface area contributed by atoms with E-state index in [0.29, 0.717) is 6.04 Å².